The molecular weight excluding hydrogens is 256 g/mol. The van der Waals surface area contributed by atoms with E-state index in [1.54, 1.807) is 0 Å². The molecule has 19 heavy (non-hydrogen) atoms. The molecule has 2 aromatic heterocycles. The zero-order valence-corrected chi connectivity index (χ0v) is 12.3. The first-order chi connectivity index (χ1) is 9.28. The Bertz CT molecular complexity index is 534. The Hall–Kier alpha value is -1.20. The highest BCUT2D eigenvalue weighted by Gasteiger charge is 2.22. The van der Waals surface area contributed by atoms with Gasteiger partial charge in [0.1, 0.15) is 5.01 Å². The fourth-order valence-electron chi connectivity index (χ4n) is 2.64. The van der Waals surface area contributed by atoms with E-state index in [1.165, 1.54) is 40.4 Å². The second-order valence-electron chi connectivity index (χ2n) is 5.07. The molecule has 4 nitrogen and oxygen atoms in total. The lowest BCUT2D eigenvalue weighted by Gasteiger charge is -2.13. The maximum atomic E-state index is 4.87. The van der Waals surface area contributed by atoms with Crippen molar-refractivity contribution in [2.24, 2.45) is 7.05 Å². The summed E-state index contributed by atoms with van der Waals surface area (Å²) in [5, 5.41) is 9.01. The van der Waals surface area contributed by atoms with E-state index in [1.807, 2.05) is 29.3 Å². The summed E-state index contributed by atoms with van der Waals surface area (Å²) in [7, 11) is 1.96. The first-order valence-corrected chi connectivity index (χ1v) is 7.80. The molecule has 0 saturated heterocycles. The third-order valence-electron chi connectivity index (χ3n) is 3.58. The standard InChI is InChI=1S/C14H20N4S/c1-3-15-13(10-8-16-18(2)9-10)14-17-11-6-4-5-7-12(11)19-14/h8-9,13,15H,3-7H2,1-2H3. The Kier molecular flexibility index (Phi) is 3.66. The van der Waals surface area contributed by atoms with Crippen LogP contribution in [0.5, 0.6) is 0 Å². The summed E-state index contributed by atoms with van der Waals surface area (Å²) in [6.07, 6.45) is 8.97. The van der Waals surface area contributed by atoms with E-state index < -0.39 is 0 Å². The van der Waals surface area contributed by atoms with Gasteiger partial charge in [-0.1, -0.05) is 6.92 Å². The lowest BCUT2D eigenvalue weighted by molar-refractivity contribution is 0.620. The first-order valence-electron chi connectivity index (χ1n) is 6.98. The van der Waals surface area contributed by atoms with Crippen molar-refractivity contribution in [3.8, 4) is 0 Å². The molecule has 2 heterocycles. The maximum absolute atomic E-state index is 4.87. The van der Waals surface area contributed by atoms with Gasteiger partial charge < -0.3 is 5.32 Å². The summed E-state index contributed by atoms with van der Waals surface area (Å²) in [5.74, 6) is 0. The molecule has 1 unspecified atom stereocenters. The van der Waals surface area contributed by atoms with Crippen molar-refractivity contribution in [3.63, 3.8) is 0 Å². The summed E-state index contributed by atoms with van der Waals surface area (Å²) >= 11 is 1.88. The molecule has 1 aliphatic rings. The molecule has 1 N–H and O–H groups in total. The van der Waals surface area contributed by atoms with Crippen molar-refractivity contribution in [1.82, 2.24) is 20.1 Å². The predicted molar refractivity (Wildman–Crippen MR) is 77.5 cm³/mol. The number of aromatic nitrogens is 3. The lowest BCUT2D eigenvalue weighted by Crippen LogP contribution is -2.21. The van der Waals surface area contributed by atoms with Crippen LogP contribution < -0.4 is 5.32 Å². The van der Waals surface area contributed by atoms with E-state index in [0.29, 0.717) is 0 Å². The second kappa shape index (κ2) is 5.43. The summed E-state index contributed by atoms with van der Waals surface area (Å²) in [6, 6.07) is 0.189. The highest BCUT2D eigenvalue weighted by atomic mass is 32.1. The molecule has 102 valence electrons. The minimum Gasteiger partial charge on any atom is -0.304 e. The zero-order chi connectivity index (χ0) is 13.2. The molecule has 0 saturated carbocycles. The molecule has 1 aliphatic carbocycles. The molecule has 2 aromatic rings. The van der Waals surface area contributed by atoms with Gasteiger partial charge in [0, 0.05) is 23.7 Å². The van der Waals surface area contributed by atoms with Gasteiger partial charge in [-0.25, -0.2) is 4.98 Å². The van der Waals surface area contributed by atoms with Gasteiger partial charge in [-0.3, -0.25) is 4.68 Å². The third-order valence-corrected chi connectivity index (χ3v) is 4.80. The van der Waals surface area contributed by atoms with Gasteiger partial charge in [0.2, 0.25) is 0 Å². The molecular formula is C14H20N4S. The molecule has 0 fully saturated rings. The van der Waals surface area contributed by atoms with Crippen LogP contribution in [0.4, 0.5) is 0 Å². The number of nitrogens with zero attached hydrogens (tertiary/aromatic N) is 3. The Morgan fingerprint density at radius 3 is 2.95 bits per heavy atom. The van der Waals surface area contributed by atoms with Crippen molar-refractivity contribution >= 4 is 11.3 Å². The molecule has 3 rings (SSSR count). The fourth-order valence-corrected chi connectivity index (χ4v) is 3.89. The van der Waals surface area contributed by atoms with Crippen molar-refractivity contribution < 1.29 is 0 Å². The van der Waals surface area contributed by atoms with Crippen molar-refractivity contribution in [2.45, 2.75) is 38.6 Å². The van der Waals surface area contributed by atoms with E-state index in [-0.39, 0.29) is 6.04 Å². The van der Waals surface area contributed by atoms with Gasteiger partial charge >= 0.3 is 0 Å². The molecule has 5 heteroatoms. The number of hydrogen-bond acceptors (Lipinski definition) is 4. The first kappa shape index (κ1) is 12.8. The molecule has 0 aliphatic heterocycles. The van der Waals surface area contributed by atoms with Crippen LogP contribution in [0.25, 0.3) is 0 Å². The van der Waals surface area contributed by atoms with Crippen LogP contribution in [-0.2, 0) is 19.9 Å². The van der Waals surface area contributed by atoms with Gasteiger partial charge in [-0.2, -0.15) is 5.10 Å². The van der Waals surface area contributed by atoms with E-state index in [4.69, 9.17) is 4.98 Å². The Morgan fingerprint density at radius 2 is 2.26 bits per heavy atom. The molecule has 0 radical (unpaired) electrons. The molecule has 0 amide bonds. The Balaban J connectivity index is 1.93. The van der Waals surface area contributed by atoms with Crippen LogP contribution >= 0.6 is 11.3 Å². The lowest BCUT2D eigenvalue weighted by atomic mass is 10.0. The normalized spacial score (nSPS) is 16.3. The van der Waals surface area contributed by atoms with Crippen molar-refractivity contribution in [1.29, 1.82) is 0 Å². The molecule has 0 bridgehead atoms. The monoisotopic (exact) mass is 276 g/mol. The van der Waals surface area contributed by atoms with Gasteiger partial charge in [0.05, 0.1) is 17.9 Å². The zero-order valence-electron chi connectivity index (χ0n) is 11.5. The molecule has 0 aromatic carbocycles. The van der Waals surface area contributed by atoms with Crippen LogP contribution in [-0.4, -0.2) is 21.3 Å². The van der Waals surface area contributed by atoms with E-state index in [9.17, 15) is 0 Å². The Labute approximate surface area is 117 Å². The van der Waals surface area contributed by atoms with Crippen LogP contribution in [0, 0.1) is 0 Å². The smallest absolute Gasteiger partial charge is 0.115 e. The minimum absolute atomic E-state index is 0.189. The van der Waals surface area contributed by atoms with Crippen molar-refractivity contribution in [2.75, 3.05) is 6.54 Å². The van der Waals surface area contributed by atoms with Crippen LogP contribution in [0.2, 0.25) is 0 Å². The number of rotatable bonds is 4. The number of nitrogens with one attached hydrogen (secondary N) is 1. The van der Waals surface area contributed by atoms with Crippen LogP contribution in [0.3, 0.4) is 0 Å². The third kappa shape index (κ3) is 2.58. The predicted octanol–water partition coefficient (Wildman–Crippen LogP) is 2.45. The van der Waals surface area contributed by atoms with E-state index in [2.05, 4.69) is 23.5 Å². The van der Waals surface area contributed by atoms with E-state index >= 15 is 0 Å². The fraction of sp³-hybridized carbons (Fsp3) is 0.571. The summed E-state index contributed by atoms with van der Waals surface area (Å²) in [4.78, 5) is 6.37. The Morgan fingerprint density at radius 1 is 1.42 bits per heavy atom. The molecule has 0 spiro atoms. The SMILES string of the molecule is CCNC(c1cnn(C)c1)c1nc2c(s1)CCCC2. The van der Waals surface area contributed by atoms with Gasteiger partial charge in [0.25, 0.3) is 0 Å². The molecule has 1 atom stereocenters. The number of fused-ring (bicyclic) bond motifs is 1. The summed E-state index contributed by atoms with van der Waals surface area (Å²) < 4.78 is 1.85. The van der Waals surface area contributed by atoms with Gasteiger partial charge in [-0.05, 0) is 32.2 Å². The summed E-state index contributed by atoms with van der Waals surface area (Å²) in [5.41, 5.74) is 2.54. The quantitative estimate of drug-likeness (QED) is 0.933. The van der Waals surface area contributed by atoms with Gasteiger partial charge in [0.15, 0.2) is 0 Å². The number of thiazole rings is 1. The number of aryl methyl sites for hydroxylation is 3. The topological polar surface area (TPSA) is 42.7 Å². The second-order valence-corrected chi connectivity index (χ2v) is 6.18. The number of hydrogen-bond donors (Lipinski definition) is 1. The van der Waals surface area contributed by atoms with E-state index in [0.717, 1.165) is 13.0 Å². The average molecular weight is 276 g/mol. The largest absolute Gasteiger partial charge is 0.304 e. The van der Waals surface area contributed by atoms with Crippen LogP contribution in [0.1, 0.15) is 46.9 Å². The minimum atomic E-state index is 0.189. The van der Waals surface area contributed by atoms with Gasteiger partial charge in [-0.15, -0.1) is 11.3 Å². The maximum Gasteiger partial charge on any atom is 0.115 e. The summed E-state index contributed by atoms with van der Waals surface area (Å²) in [6.45, 7) is 3.07. The highest BCUT2D eigenvalue weighted by Crippen LogP contribution is 2.32. The average Bonchev–Trinajstić information content (AvgIpc) is 3.01. The van der Waals surface area contributed by atoms with Crippen LogP contribution in [0.15, 0.2) is 12.4 Å². The highest BCUT2D eigenvalue weighted by molar-refractivity contribution is 7.11. The van der Waals surface area contributed by atoms with Crippen molar-refractivity contribution in [3.05, 3.63) is 33.5 Å².